The summed E-state index contributed by atoms with van der Waals surface area (Å²) >= 11 is 0. The van der Waals surface area contributed by atoms with Gasteiger partial charge in [-0.3, -0.25) is 4.98 Å². The first-order valence-electron chi connectivity index (χ1n) is 6.15. The second-order valence-electron chi connectivity index (χ2n) is 4.68. The Kier molecular flexibility index (Phi) is 2.56. The maximum absolute atomic E-state index is 6.04. The molecule has 86 valence electrons. The van der Waals surface area contributed by atoms with Crippen LogP contribution in [0, 0.1) is 0 Å². The van der Waals surface area contributed by atoms with E-state index in [0.29, 0.717) is 5.92 Å². The van der Waals surface area contributed by atoms with E-state index in [4.69, 9.17) is 5.73 Å². The van der Waals surface area contributed by atoms with Crippen LogP contribution >= 0.6 is 0 Å². The van der Waals surface area contributed by atoms with Crippen LogP contribution in [0.3, 0.4) is 0 Å². The van der Waals surface area contributed by atoms with Crippen molar-refractivity contribution in [3.8, 4) is 11.1 Å². The van der Waals surface area contributed by atoms with E-state index >= 15 is 0 Å². The van der Waals surface area contributed by atoms with Crippen molar-refractivity contribution < 1.29 is 0 Å². The van der Waals surface area contributed by atoms with Crippen LogP contribution < -0.4 is 5.73 Å². The molecule has 0 spiro atoms. The molecule has 2 nitrogen and oxygen atoms in total. The third-order valence-electron chi connectivity index (χ3n) is 3.65. The second kappa shape index (κ2) is 4.21. The molecular weight excluding hydrogens is 208 g/mol. The van der Waals surface area contributed by atoms with Crippen molar-refractivity contribution in [2.45, 2.75) is 25.2 Å². The zero-order chi connectivity index (χ0) is 11.7. The number of hydrogen-bond acceptors (Lipinski definition) is 2. The molecule has 3 rings (SSSR count). The van der Waals surface area contributed by atoms with Crippen LogP contribution in [0.15, 0.2) is 42.7 Å². The molecule has 0 amide bonds. The number of rotatable bonds is 2. The van der Waals surface area contributed by atoms with Crippen LogP contribution in [-0.4, -0.2) is 4.98 Å². The lowest BCUT2D eigenvalue weighted by atomic mass is 9.77. The first-order valence-corrected chi connectivity index (χ1v) is 6.15. The van der Waals surface area contributed by atoms with Gasteiger partial charge in [0, 0.05) is 23.6 Å². The van der Waals surface area contributed by atoms with Crippen LogP contribution in [0.4, 0.5) is 5.69 Å². The Morgan fingerprint density at radius 1 is 1.06 bits per heavy atom. The molecule has 1 aromatic heterocycles. The van der Waals surface area contributed by atoms with Crippen LogP contribution in [0.25, 0.3) is 11.1 Å². The maximum atomic E-state index is 6.04. The third-order valence-corrected chi connectivity index (χ3v) is 3.65. The molecule has 1 saturated carbocycles. The zero-order valence-electron chi connectivity index (χ0n) is 9.76. The van der Waals surface area contributed by atoms with Gasteiger partial charge in [0.1, 0.15) is 0 Å². The molecule has 2 N–H and O–H groups in total. The Bertz CT molecular complexity index is 530. The molecule has 1 heterocycles. The molecule has 0 unspecified atom stereocenters. The molecule has 1 fully saturated rings. The monoisotopic (exact) mass is 224 g/mol. The first-order chi connectivity index (χ1) is 8.36. The van der Waals surface area contributed by atoms with Gasteiger partial charge in [-0.25, -0.2) is 0 Å². The van der Waals surface area contributed by atoms with Crippen molar-refractivity contribution in [3.05, 3.63) is 48.3 Å². The van der Waals surface area contributed by atoms with Gasteiger partial charge < -0.3 is 5.73 Å². The lowest BCUT2D eigenvalue weighted by molar-refractivity contribution is 0.420. The number of nitrogens with two attached hydrogens (primary N) is 1. The normalized spacial score (nSPS) is 15.5. The molecule has 1 aliphatic carbocycles. The fourth-order valence-corrected chi connectivity index (χ4v) is 2.45. The van der Waals surface area contributed by atoms with E-state index in [0.717, 1.165) is 11.3 Å². The fourth-order valence-electron chi connectivity index (χ4n) is 2.45. The van der Waals surface area contributed by atoms with E-state index in [1.165, 1.54) is 30.4 Å². The molecular formula is C15H16N2. The number of nitrogen functional groups attached to an aromatic ring is 1. The molecule has 0 aliphatic heterocycles. The SMILES string of the molecule is Nc1ccncc1-c1ccccc1C1CCC1. The molecule has 1 aromatic carbocycles. The first kappa shape index (κ1) is 10.3. The summed E-state index contributed by atoms with van der Waals surface area (Å²) in [5, 5.41) is 0. The Labute approximate surface area is 102 Å². The van der Waals surface area contributed by atoms with Crippen LogP contribution in [-0.2, 0) is 0 Å². The number of pyridine rings is 1. The van der Waals surface area contributed by atoms with Crippen LogP contribution in [0.2, 0.25) is 0 Å². The number of anilines is 1. The summed E-state index contributed by atoms with van der Waals surface area (Å²) in [6, 6.07) is 10.4. The van der Waals surface area contributed by atoms with E-state index in [1.807, 2.05) is 12.3 Å². The molecule has 0 bridgehead atoms. The van der Waals surface area contributed by atoms with E-state index in [9.17, 15) is 0 Å². The minimum absolute atomic E-state index is 0.714. The molecule has 0 radical (unpaired) electrons. The standard InChI is InChI=1S/C15H16N2/c16-15-8-9-17-10-14(15)13-7-2-1-6-12(13)11-4-3-5-11/h1-2,6-11H,3-5H2,(H2,16,17). The van der Waals surface area contributed by atoms with Gasteiger partial charge in [0.25, 0.3) is 0 Å². The number of nitrogens with zero attached hydrogens (tertiary/aromatic N) is 1. The Balaban J connectivity index is 2.11. The minimum atomic E-state index is 0.714. The topological polar surface area (TPSA) is 38.9 Å². The lowest BCUT2D eigenvalue weighted by Gasteiger charge is -2.28. The summed E-state index contributed by atoms with van der Waals surface area (Å²) in [5.74, 6) is 0.714. The van der Waals surface area contributed by atoms with Crippen molar-refractivity contribution in [2.75, 3.05) is 5.73 Å². The van der Waals surface area contributed by atoms with Crippen molar-refractivity contribution in [1.82, 2.24) is 4.98 Å². The van der Waals surface area contributed by atoms with E-state index < -0.39 is 0 Å². The van der Waals surface area contributed by atoms with Gasteiger partial charge in [-0.05, 0) is 36.0 Å². The van der Waals surface area contributed by atoms with Gasteiger partial charge in [0.2, 0.25) is 0 Å². The fraction of sp³-hybridized carbons (Fsp3) is 0.267. The highest BCUT2D eigenvalue weighted by atomic mass is 14.7. The summed E-state index contributed by atoms with van der Waals surface area (Å²) < 4.78 is 0. The van der Waals surface area contributed by atoms with Crippen molar-refractivity contribution in [2.24, 2.45) is 0 Å². The lowest BCUT2D eigenvalue weighted by Crippen LogP contribution is -2.10. The predicted octanol–water partition coefficient (Wildman–Crippen LogP) is 3.60. The van der Waals surface area contributed by atoms with Gasteiger partial charge in [-0.2, -0.15) is 0 Å². The van der Waals surface area contributed by atoms with Crippen molar-refractivity contribution in [3.63, 3.8) is 0 Å². The Morgan fingerprint density at radius 2 is 1.88 bits per heavy atom. The van der Waals surface area contributed by atoms with Crippen LogP contribution in [0.1, 0.15) is 30.7 Å². The number of aromatic nitrogens is 1. The van der Waals surface area contributed by atoms with Gasteiger partial charge in [-0.1, -0.05) is 30.7 Å². The second-order valence-corrected chi connectivity index (χ2v) is 4.68. The summed E-state index contributed by atoms with van der Waals surface area (Å²) in [6.07, 6.45) is 7.56. The Morgan fingerprint density at radius 3 is 2.59 bits per heavy atom. The predicted molar refractivity (Wildman–Crippen MR) is 70.7 cm³/mol. The average molecular weight is 224 g/mol. The zero-order valence-corrected chi connectivity index (χ0v) is 9.76. The smallest absolute Gasteiger partial charge is 0.0424 e. The highest BCUT2D eigenvalue weighted by Crippen LogP contribution is 2.41. The minimum Gasteiger partial charge on any atom is -0.398 e. The van der Waals surface area contributed by atoms with Crippen molar-refractivity contribution in [1.29, 1.82) is 0 Å². The van der Waals surface area contributed by atoms with E-state index in [2.05, 4.69) is 29.2 Å². The number of hydrogen-bond donors (Lipinski definition) is 1. The quantitative estimate of drug-likeness (QED) is 0.846. The third kappa shape index (κ3) is 1.80. The highest BCUT2D eigenvalue weighted by molar-refractivity contribution is 5.78. The van der Waals surface area contributed by atoms with E-state index in [-0.39, 0.29) is 0 Å². The van der Waals surface area contributed by atoms with Crippen molar-refractivity contribution >= 4 is 5.69 Å². The molecule has 2 heteroatoms. The summed E-state index contributed by atoms with van der Waals surface area (Å²) in [6.45, 7) is 0. The molecule has 0 saturated heterocycles. The summed E-state index contributed by atoms with van der Waals surface area (Å²) in [5.41, 5.74) is 10.6. The van der Waals surface area contributed by atoms with Gasteiger partial charge in [-0.15, -0.1) is 0 Å². The maximum Gasteiger partial charge on any atom is 0.0424 e. The Hall–Kier alpha value is -1.83. The van der Waals surface area contributed by atoms with Gasteiger partial charge >= 0.3 is 0 Å². The summed E-state index contributed by atoms with van der Waals surface area (Å²) in [7, 11) is 0. The molecule has 2 aromatic rings. The summed E-state index contributed by atoms with van der Waals surface area (Å²) in [4.78, 5) is 4.19. The van der Waals surface area contributed by atoms with Gasteiger partial charge in [0.15, 0.2) is 0 Å². The molecule has 17 heavy (non-hydrogen) atoms. The molecule has 1 aliphatic rings. The average Bonchev–Trinajstić information content (AvgIpc) is 2.29. The van der Waals surface area contributed by atoms with Crippen LogP contribution in [0.5, 0.6) is 0 Å². The van der Waals surface area contributed by atoms with E-state index in [1.54, 1.807) is 6.20 Å². The molecule has 0 atom stereocenters. The number of benzene rings is 1. The highest BCUT2D eigenvalue weighted by Gasteiger charge is 2.22. The van der Waals surface area contributed by atoms with Gasteiger partial charge in [0.05, 0.1) is 0 Å². The largest absolute Gasteiger partial charge is 0.398 e.